The smallest absolute Gasteiger partial charge is 0.141 e. The van der Waals surface area contributed by atoms with Gasteiger partial charge in [-0.1, -0.05) is 23.7 Å². The molecule has 0 atom stereocenters. The number of nitrogen functional groups attached to an aromatic ring is 1. The molecule has 0 radical (unpaired) electrons. The molecule has 2 aromatic heterocycles. The lowest BCUT2D eigenvalue weighted by Gasteiger charge is -2.09. The molecule has 0 fully saturated rings. The van der Waals surface area contributed by atoms with Gasteiger partial charge in [0.05, 0.1) is 10.7 Å². The molecular weight excluding hydrogens is 325 g/mol. The van der Waals surface area contributed by atoms with Crippen LogP contribution < -0.4 is 5.73 Å². The Morgan fingerprint density at radius 2 is 1.75 bits per heavy atom. The molecule has 0 saturated carbocycles. The Balaban J connectivity index is 1.77. The summed E-state index contributed by atoms with van der Waals surface area (Å²) in [5.41, 5.74) is 11.5. The largest absolute Gasteiger partial charge is 0.384 e. The molecule has 4 rings (SSSR count). The van der Waals surface area contributed by atoms with Crippen LogP contribution in [0.15, 0.2) is 54.9 Å². The van der Waals surface area contributed by atoms with E-state index in [0.717, 1.165) is 39.9 Å². The van der Waals surface area contributed by atoms with Gasteiger partial charge in [-0.25, -0.2) is 9.37 Å². The van der Waals surface area contributed by atoms with Gasteiger partial charge in [-0.15, -0.1) is 0 Å². The SMILES string of the molecule is Nc1ccc(-c2cnc3c(c2)C(c2ccc(F)c(Cl)c2)=CC3)cn1. The van der Waals surface area contributed by atoms with Crippen molar-refractivity contribution in [1.29, 1.82) is 0 Å². The molecule has 0 unspecified atom stereocenters. The molecule has 2 N–H and O–H groups in total. The lowest BCUT2D eigenvalue weighted by atomic mass is 9.98. The molecule has 3 nitrogen and oxygen atoms in total. The monoisotopic (exact) mass is 337 g/mol. The fourth-order valence-corrected chi connectivity index (χ4v) is 3.05. The number of benzene rings is 1. The van der Waals surface area contributed by atoms with E-state index in [-0.39, 0.29) is 5.02 Å². The second-order valence-electron chi connectivity index (χ2n) is 5.64. The molecule has 0 spiro atoms. The zero-order valence-electron chi connectivity index (χ0n) is 12.6. The van der Waals surface area contributed by atoms with E-state index in [4.69, 9.17) is 17.3 Å². The molecule has 1 aliphatic rings. The summed E-state index contributed by atoms with van der Waals surface area (Å²) < 4.78 is 13.4. The van der Waals surface area contributed by atoms with Crippen LogP contribution in [0.25, 0.3) is 16.7 Å². The fraction of sp³-hybridized carbons (Fsp3) is 0.0526. The number of rotatable bonds is 2. The van der Waals surface area contributed by atoms with E-state index in [1.807, 2.05) is 12.3 Å². The molecule has 24 heavy (non-hydrogen) atoms. The van der Waals surface area contributed by atoms with Crippen LogP contribution in [0.5, 0.6) is 0 Å². The predicted octanol–water partition coefficient (Wildman–Crippen LogP) is 4.51. The third kappa shape index (κ3) is 2.55. The number of nitrogens with two attached hydrogens (primary N) is 1. The Morgan fingerprint density at radius 3 is 2.50 bits per heavy atom. The number of nitrogens with zero attached hydrogens (tertiary/aromatic N) is 2. The number of anilines is 1. The van der Waals surface area contributed by atoms with E-state index in [9.17, 15) is 4.39 Å². The standard InChI is InChI=1S/C19H13ClFN3/c20-16-8-11(1-4-17(16)21)14-3-5-18-15(14)7-13(10-23-18)12-2-6-19(22)24-9-12/h1-4,6-10H,5H2,(H2,22,24). The van der Waals surface area contributed by atoms with E-state index >= 15 is 0 Å². The van der Waals surface area contributed by atoms with Crippen LogP contribution in [-0.2, 0) is 6.42 Å². The third-order valence-corrected chi connectivity index (χ3v) is 4.40. The van der Waals surface area contributed by atoms with Crippen molar-refractivity contribution in [2.24, 2.45) is 0 Å². The number of allylic oxidation sites excluding steroid dienone is 1. The van der Waals surface area contributed by atoms with Crippen molar-refractivity contribution < 1.29 is 4.39 Å². The fourth-order valence-electron chi connectivity index (χ4n) is 2.87. The van der Waals surface area contributed by atoms with Gasteiger partial charge < -0.3 is 5.73 Å². The van der Waals surface area contributed by atoms with Crippen molar-refractivity contribution in [3.8, 4) is 11.1 Å². The maximum atomic E-state index is 13.4. The number of halogens is 2. The average Bonchev–Trinajstić information content (AvgIpc) is 3.01. The highest BCUT2D eigenvalue weighted by molar-refractivity contribution is 6.31. The van der Waals surface area contributed by atoms with E-state index in [0.29, 0.717) is 5.82 Å². The number of hydrogen-bond acceptors (Lipinski definition) is 3. The summed E-state index contributed by atoms with van der Waals surface area (Å²) in [7, 11) is 0. The van der Waals surface area contributed by atoms with Crippen LogP contribution in [0, 0.1) is 5.82 Å². The summed E-state index contributed by atoms with van der Waals surface area (Å²) in [4.78, 5) is 8.68. The maximum absolute atomic E-state index is 13.4. The zero-order valence-corrected chi connectivity index (χ0v) is 13.4. The number of aromatic nitrogens is 2. The second-order valence-corrected chi connectivity index (χ2v) is 6.05. The molecule has 0 aliphatic heterocycles. The van der Waals surface area contributed by atoms with Gasteiger partial charge in [0.15, 0.2) is 0 Å². The molecule has 1 aromatic carbocycles. The highest BCUT2D eigenvalue weighted by Crippen LogP contribution is 2.35. The van der Waals surface area contributed by atoms with Gasteiger partial charge in [0.25, 0.3) is 0 Å². The molecule has 1 aliphatic carbocycles. The van der Waals surface area contributed by atoms with Crippen LogP contribution in [0.2, 0.25) is 5.02 Å². The Labute approximate surface area is 143 Å². The van der Waals surface area contributed by atoms with E-state index in [1.54, 1.807) is 24.4 Å². The number of hydrogen-bond donors (Lipinski definition) is 1. The van der Waals surface area contributed by atoms with Crippen molar-refractivity contribution in [2.75, 3.05) is 5.73 Å². The summed E-state index contributed by atoms with van der Waals surface area (Å²) in [6, 6.07) is 10.5. The zero-order chi connectivity index (χ0) is 16.7. The van der Waals surface area contributed by atoms with Crippen molar-refractivity contribution in [3.63, 3.8) is 0 Å². The summed E-state index contributed by atoms with van der Waals surface area (Å²) in [6.07, 6.45) is 6.40. The van der Waals surface area contributed by atoms with Crippen molar-refractivity contribution >= 4 is 23.0 Å². The Morgan fingerprint density at radius 1 is 0.958 bits per heavy atom. The molecule has 5 heteroatoms. The van der Waals surface area contributed by atoms with Crippen LogP contribution in [0.1, 0.15) is 16.8 Å². The highest BCUT2D eigenvalue weighted by Gasteiger charge is 2.18. The lowest BCUT2D eigenvalue weighted by molar-refractivity contribution is 0.628. The van der Waals surface area contributed by atoms with Gasteiger partial charge in [-0.05, 0) is 41.5 Å². The molecule has 118 valence electrons. The van der Waals surface area contributed by atoms with Gasteiger partial charge in [-0.2, -0.15) is 0 Å². The van der Waals surface area contributed by atoms with Gasteiger partial charge in [0, 0.05) is 35.5 Å². The first-order valence-electron chi connectivity index (χ1n) is 7.48. The van der Waals surface area contributed by atoms with Crippen LogP contribution in [0.4, 0.5) is 10.2 Å². The molecule has 0 saturated heterocycles. The minimum Gasteiger partial charge on any atom is -0.384 e. The quantitative estimate of drug-likeness (QED) is 0.748. The van der Waals surface area contributed by atoms with Crippen LogP contribution in [-0.4, -0.2) is 9.97 Å². The molecule has 2 heterocycles. The average molecular weight is 338 g/mol. The number of fused-ring (bicyclic) bond motifs is 1. The Hall–Kier alpha value is -2.72. The first kappa shape index (κ1) is 14.8. The van der Waals surface area contributed by atoms with E-state index in [1.165, 1.54) is 6.07 Å². The van der Waals surface area contributed by atoms with Crippen molar-refractivity contribution in [3.05, 3.63) is 82.5 Å². The maximum Gasteiger partial charge on any atom is 0.141 e. The summed E-state index contributed by atoms with van der Waals surface area (Å²) in [5, 5.41) is 0.119. The minimum absolute atomic E-state index is 0.119. The second kappa shape index (κ2) is 5.73. The van der Waals surface area contributed by atoms with Gasteiger partial charge in [-0.3, -0.25) is 4.98 Å². The van der Waals surface area contributed by atoms with Gasteiger partial charge in [0.1, 0.15) is 11.6 Å². The Bertz CT molecular complexity index is 965. The van der Waals surface area contributed by atoms with Gasteiger partial charge >= 0.3 is 0 Å². The van der Waals surface area contributed by atoms with Gasteiger partial charge in [0.2, 0.25) is 0 Å². The van der Waals surface area contributed by atoms with E-state index in [2.05, 4.69) is 22.1 Å². The predicted molar refractivity (Wildman–Crippen MR) is 94.1 cm³/mol. The van der Waals surface area contributed by atoms with E-state index < -0.39 is 5.82 Å². The van der Waals surface area contributed by atoms with Crippen LogP contribution >= 0.6 is 11.6 Å². The normalized spacial score (nSPS) is 12.8. The first-order valence-corrected chi connectivity index (χ1v) is 7.86. The minimum atomic E-state index is -0.418. The van der Waals surface area contributed by atoms with Crippen LogP contribution in [0.3, 0.4) is 0 Å². The number of pyridine rings is 2. The lowest BCUT2D eigenvalue weighted by Crippen LogP contribution is -1.94. The molecular formula is C19H13ClFN3. The third-order valence-electron chi connectivity index (χ3n) is 4.11. The first-order chi connectivity index (χ1) is 11.6. The summed E-state index contributed by atoms with van der Waals surface area (Å²) in [5.74, 6) is 0.0634. The van der Waals surface area contributed by atoms with Crippen molar-refractivity contribution in [1.82, 2.24) is 9.97 Å². The highest BCUT2D eigenvalue weighted by atomic mass is 35.5. The topological polar surface area (TPSA) is 51.8 Å². The summed E-state index contributed by atoms with van der Waals surface area (Å²) in [6.45, 7) is 0. The van der Waals surface area contributed by atoms with Crippen molar-refractivity contribution in [2.45, 2.75) is 6.42 Å². The summed E-state index contributed by atoms with van der Waals surface area (Å²) >= 11 is 5.92. The Kier molecular flexibility index (Phi) is 3.54. The molecule has 0 bridgehead atoms. The molecule has 3 aromatic rings. The molecule has 0 amide bonds.